The highest BCUT2D eigenvalue weighted by molar-refractivity contribution is 7.92. The molecular weight excluding hydrogens is 534 g/mol. The Labute approximate surface area is 244 Å². The van der Waals surface area contributed by atoms with Crippen LogP contribution < -0.4 is 9.62 Å². The van der Waals surface area contributed by atoms with Crippen LogP contribution in [0.3, 0.4) is 0 Å². The van der Waals surface area contributed by atoms with Crippen LogP contribution in [-0.4, -0.2) is 43.8 Å². The predicted octanol–water partition coefficient (Wildman–Crippen LogP) is 5.59. The van der Waals surface area contributed by atoms with Crippen molar-refractivity contribution < 1.29 is 18.0 Å². The number of aryl methyl sites for hydroxylation is 4. The lowest BCUT2D eigenvalue weighted by atomic mass is 10.1. The third-order valence-corrected chi connectivity index (χ3v) is 9.59. The van der Waals surface area contributed by atoms with E-state index in [4.69, 9.17) is 0 Å². The zero-order valence-electron chi connectivity index (χ0n) is 24.7. The van der Waals surface area contributed by atoms with Gasteiger partial charge in [-0.2, -0.15) is 0 Å². The Morgan fingerprint density at radius 2 is 1.51 bits per heavy atom. The molecule has 1 atom stereocenters. The fourth-order valence-corrected chi connectivity index (χ4v) is 6.90. The van der Waals surface area contributed by atoms with E-state index >= 15 is 0 Å². The third kappa shape index (κ3) is 7.36. The zero-order chi connectivity index (χ0) is 29.7. The molecule has 1 aliphatic rings. The molecule has 3 aromatic rings. The van der Waals surface area contributed by atoms with E-state index < -0.39 is 28.5 Å². The van der Waals surface area contributed by atoms with Crippen LogP contribution >= 0.6 is 0 Å². The van der Waals surface area contributed by atoms with E-state index in [1.165, 1.54) is 9.21 Å². The first-order valence-corrected chi connectivity index (χ1v) is 15.7. The van der Waals surface area contributed by atoms with Crippen molar-refractivity contribution in [3.63, 3.8) is 0 Å². The minimum Gasteiger partial charge on any atom is -0.352 e. The number of amides is 2. The molecule has 7 nitrogen and oxygen atoms in total. The summed E-state index contributed by atoms with van der Waals surface area (Å²) in [6, 6.07) is 19.2. The van der Waals surface area contributed by atoms with Crippen LogP contribution in [0.5, 0.6) is 0 Å². The fraction of sp³-hybridized carbons (Fsp3) is 0.394. The van der Waals surface area contributed by atoms with Crippen LogP contribution in [-0.2, 0) is 26.2 Å². The van der Waals surface area contributed by atoms with Crippen LogP contribution in [0, 0.1) is 27.7 Å². The van der Waals surface area contributed by atoms with E-state index in [2.05, 4.69) is 5.32 Å². The fourth-order valence-electron chi connectivity index (χ4n) is 5.42. The second kappa shape index (κ2) is 12.9. The lowest BCUT2D eigenvalue weighted by Crippen LogP contribution is -2.52. The average Bonchev–Trinajstić information content (AvgIpc) is 3.43. The van der Waals surface area contributed by atoms with E-state index in [1.807, 2.05) is 64.1 Å². The third-order valence-electron chi connectivity index (χ3n) is 7.81. The molecule has 1 unspecified atom stereocenters. The topological polar surface area (TPSA) is 86.8 Å². The Hall–Kier alpha value is -3.65. The highest BCUT2D eigenvalue weighted by Crippen LogP contribution is 2.28. The van der Waals surface area contributed by atoms with Crippen molar-refractivity contribution in [3.05, 3.63) is 94.5 Å². The van der Waals surface area contributed by atoms with Gasteiger partial charge in [-0.15, -0.1) is 0 Å². The second-order valence-corrected chi connectivity index (χ2v) is 13.2. The summed E-state index contributed by atoms with van der Waals surface area (Å²) >= 11 is 0. The van der Waals surface area contributed by atoms with Crippen LogP contribution in [0.2, 0.25) is 0 Å². The minimum absolute atomic E-state index is 0.105. The quantitative estimate of drug-likeness (QED) is 0.341. The number of benzene rings is 3. The maximum atomic E-state index is 14.1. The number of nitrogens with one attached hydrogen (secondary N) is 1. The van der Waals surface area contributed by atoms with Gasteiger partial charge in [0.15, 0.2) is 0 Å². The molecular formula is C33H41N3O4S. The lowest BCUT2D eigenvalue weighted by Gasteiger charge is -2.33. The predicted molar refractivity (Wildman–Crippen MR) is 163 cm³/mol. The molecule has 0 saturated heterocycles. The molecule has 0 aliphatic heterocycles. The van der Waals surface area contributed by atoms with Gasteiger partial charge in [0.2, 0.25) is 11.8 Å². The average molecular weight is 576 g/mol. The molecule has 1 saturated carbocycles. The van der Waals surface area contributed by atoms with Crippen molar-refractivity contribution in [3.8, 4) is 0 Å². The highest BCUT2D eigenvalue weighted by atomic mass is 32.2. The number of carbonyl (C=O) groups is 2. The van der Waals surface area contributed by atoms with Crippen LogP contribution in [0.1, 0.15) is 60.4 Å². The molecule has 1 N–H and O–H groups in total. The van der Waals surface area contributed by atoms with Gasteiger partial charge < -0.3 is 10.2 Å². The molecule has 1 fully saturated rings. The Morgan fingerprint density at radius 3 is 2.15 bits per heavy atom. The smallest absolute Gasteiger partial charge is 0.264 e. The molecule has 41 heavy (non-hydrogen) atoms. The van der Waals surface area contributed by atoms with E-state index in [-0.39, 0.29) is 23.4 Å². The highest BCUT2D eigenvalue weighted by Gasteiger charge is 2.34. The Bertz CT molecular complexity index is 1500. The molecule has 4 rings (SSSR count). The van der Waals surface area contributed by atoms with E-state index in [0.717, 1.165) is 53.5 Å². The molecule has 0 bridgehead atoms. The summed E-state index contributed by atoms with van der Waals surface area (Å²) in [5.41, 5.74) is 5.01. The summed E-state index contributed by atoms with van der Waals surface area (Å²) < 4.78 is 29.3. The van der Waals surface area contributed by atoms with Crippen LogP contribution in [0.15, 0.2) is 71.6 Å². The molecule has 2 amide bonds. The summed E-state index contributed by atoms with van der Waals surface area (Å²) in [4.78, 5) is 29.1. The molecule has 8 heteroatoms. The van der Waals surface area contributed by atoms with E-state index in [1.54, 1.807) is 37.3 Å². The SMILES string of the molecule is Cc1ccc(S(=O)(=O)N(CC(=O)N(Cc2cccc(C)c2)C(C)C(=O)NC2CCCC2)c2ccc(C)cc2C)cc1. The van der Waals surface area contributed by atoms with Crippen molar-refractivity contribution in [2.45, 2.75) is 83.8 Å². The van der Waals surface area contributed by atoms with Gasteiger partial charge in [-0.25, -0.2) is 8.42 Å². The summed E-state index contributed by atoms with van der Waals surface area (Å²) in [7, 11) is -4.09. The number of hydrogen-bond acceptors (Lipinski definition) is 4. The van der Waals surface area contributed by atoms with Gasteiger partial charge in [-0.3, -0.25) is 13.9 Å². The number of nitrogens with zero attached hydrogens (tertiary/aromatic N) is 2. The largest absolute Gasteiger partial charge is 0.352 e. The molecule has 1 aliphatic carbocycles. The van der Waals surface area contributed by atoms with Gasteiger partial charge in [0.25, 0.3) is 10.0 Å². The van der Waals surface area contributed by atoms with Crippen LogP contribution in [0.25, 0.3) is 0 Å². The van der Waals surface area contributed by atoms with Gasteiger partial charge in [0.05, 0.1) is 10.6 Å². The monoisotopic (exact) mass is 575 g/mol. The van der Waals surface area contributed by atoms with Crippen molar-refractivity contribution in [1.29, 1.82) is 0 Å². The number of anilines is 1. The Balaban J connectivity index is 1.71. The van der Waals surface area contributed by atoms with E-state index in [0.29, 0.717) is 5.69 Å². The standard InChI is InChI=1S/C33H41N3O4S/c1-23-13-16-30(17-14-23)41(39,40)36(31-18-15-25(3)19-26(31)4)22-32(37)35(21-28-10-8-9-24(2)20-28)27(5)33(38)34-29-11-6-7-12-29/h8-10,13-20,27,29H,6-7,11-12,21-22H2,1-5H3,(H,34,38). The summed E-state index contributed by atoms with van der Waals surface area (Å²) in [5.74, 6) is -0.673. The Morgan fingerprint density at radius 1 is 0.878 bits per heavy atom. The molecule has 0 heterocycles. The van der Waals surface area contributed by atoms with E-state index in [9.17, 15) is 18.0 Å². The van der Waals surface area contributed by atoms with Crippen molar-refractivity contribution in [1.82, 2.24) is 10.2 Å². The lowest BCUT2D eigenvalue weighted by molar-refractivity contribution is -0.139. The van der Waals surface area contributed by atoms with Crippen molar-refractivity contribution in [2.24, 2.45) is 0 Å². The van der Waals surface area contributed by atoms with Crippen molar-refractivity contribution >= 4 is 27.5 Å². The normalized spacial score (nSPS) is 14.5. The molecule has 218 valence electrons. The summed E-state index contributed by atoms with van der Waals surface area (Å²) in [6.07, 6.45) is 4.01. The molecule has 0 aromatic heterocycles. The molecule has 0 radical (unpaired) electrons. The molecule has 3 aromatic carbocycles. The van der Waals surface area contributed by atoms with Gasteiger partial charge in [-0.1, -0.05) is 78.1 Å². The van der Waals surface area contributed by atoms with Crippen LogP contribution in [0.4, 0.5) is 5.69 Å². The zero-order valence-corrected chi connectivity index (χ0v) is 25.5. The first-order valence-electron chi connectivity index (χ1n) is 14.3. The van der Waals surface area contributed by atoms with Gasteiger partial charge in [0, 0.05) is 12.6 Å². The maximum absolute atomic E-state index is 14.1. The maximum Gasteiger partial charge on any atom is 0.264 e. The first kappa shape index (κ1) is 30.3. The number of sulfonamides is 1. The summed E-state index contributed by atoms with van der Waals surface area (Å²) in [5, 5.41) is 3.11. The first-order chi connectivity index (χ1) is 19.5. The van der Waals surface area contributed by atoms with Gasteiger partial charge in [-0.05, 0) is 76.8 Å². The van der Waals surface area contributed by atoms with Crippen molar-refractivity contribution in [2.75, 3.05) is 10.8 Å². The second-order valence-electron chi connectivity index (χ2n) is 11.3. The number of carbonyl (C=O) groups excluding carboxylic acids is 2. The van der Waals surface area contributed by atoms with Gasteiger partial charge >= 0.3 is 0 Å². The van der Waals surface area contributed by atoms with Gasteiger partial charge in [0.1, 0.15) is 12.6 Å². The molecule has 0 spiro atoms. The Kier molecular flexibility index (Phi) is 9.53. The minimum atomic E-state index is -4.09. The summed E-state index contributed by atoms with van der Waals surface area (Å²) in [6.45, 7) is 9.11. The number of rotatable bonds is 10. The number of hydrogen-bond donors (Lipinski definition) is 1.